The van der Waals surface area contributed by atoms with Crippen LogP contribution >= 0.6 is 11.6 Å². The Balaban J connectivity index is 2.99. The van der Waals surface area contributed by atoms with Crippen LogP contribution < -0.4 is 5.32 Å². The number of nitriles is 1. The average molecular weight is 301 g/mol. The zero-order valence-corrected chi connectivity index (χ0v) is 12.1. The molecule has 0 saturated heterocycles. The molecule has 0 aliphatic rings. The zero-order valence-electron chi connectivity index (χ0n) is 10.5. The van der Waals surface area contributed by atoms with Gasteiger partial charge in [-0.2, -0.15) is 5.26 Å². The maximum absolute atomic E-state index is 11.7. The highest BCUT2D eigenvalue weighted by Gasteiger charge is 2.16. The van der Waals surface area contributed by atoms with Crippen LogP contribution in [0.3, 0.4) is 0 Å². The summed E-state index contributed by atoms with van der Waals surface area (Å²) >= 11 is 5.74. The molecule has 6 nitrogen and oxygen atoms in total. The van der Waals surface area contributed by atoms with Gasteiger partial charge in [0.25, 0.3) is 0 Å². The number of halogens is 1. The van der Waals surface area contributed by atoms with Crippen LogP contribution in [-0.2, 0) is 9.84 Å². The third kappa shape index (κ3) is 4.50. The Kier molecular flexibility index (Phi) is 5.27. The van der Waals surface area contributed by atoms with Crippen molar-refractivity contribution in [1.82, 2.24) is 9.97 Å². The van der Waals surface area contributed by atoms with Gasteiger partial charge in [-0.3, -0.25) is 0 Å². The average Bonchev–Trinajstić information content (AvgIpc) is 2.27. The Bertz CT molecular complexity index is 614. The fourth-order valence-corrected chi connectivity index (χ4v) is 2.67. The highest BCUT2D eigenvalue weighted by molar-refractivity contribution is 7.95. The van der Waals surface area contributed by atoms with Gasteiger partial charge in [0.05, 0.1) is 5.75 Å². The number of rotatable bonds is 5. The first-order valence-electron chi connectivity index (χ1n) is 5.49. The van der Waals surface area contributed by atoms with E-state index in [4.69, 9.17) is 16.9 Å². The largest absolute Gasteiger partial charge is 0.329 e. The van der Waals surface area contributed by atoms with Gasteiger partial charge in [0, 0.05) is 11.9 Å². The molecule has 1 aromatic heterocycles. The van der Waals surface area contributed by atoms with E-state index in [0.717, 1.165) is 6.20 Å². The van der Waals surface area contributed by atoms with E-state index in [0.29, 0.717) is 12.1 Å². The minimum Gasteiger partial charge on any atom is -0.329 e. The summed E-state index contributed by atoms with van der Waals surface area (Å²) in [6.07, 6.45) is 1.52. The predicted molar refractivity (Wildman–Crippen MR) is 73.2 cm³/mol. The highest BCUT2D eigenvalue weighted by Crippen LogP contribution is 2.12. The number of hydrogen-bond acceptors (Lipinski definition) is 6. The van der Waals surface area contributed by atoms with Crippen molar-refractivity contribution in [1.29, 1.82) is 5.26 Å². The number of nitrogens with zero attached hydrogens (tertiary/aromatic N) is 3. The van der Waals surface area contributed by atoms with Gasteiger partial charge in [-0.1, -0.05) is 18.5 Å². The molecule has 102 valence electrons. The fraction of sp³-hybridized carbons (Fsp3) is 0.364. The van der Waals surface area contributed by atoms with Gasteiger partial charge in [-0.05, 0) is 19.4 Å². The van der Waals surface area contributed by atoms with Crippen molar-refractivity contribution in [2.75, 3.05) is 11.1 Å². The van der Waals surface area contributed by atoms with E-state index >= 15 is 0 Å². The van der Waals surface area contributed by atoms with E-state index in [9.17, 15) is 8.42 Å². The number of nitrogens with one attached hydrogen (secondary N) is 1. The Morgan fingerprint density at radius 3 is 2.79 bits per heavy atom. The lowest BCUT2D eigenvalue weighted by Crippen LogP contribution is -2.09. The molecular formula is C11H13ClN4O2S. The lowest BCUT2D eigenvalue weighted by atomic mass is 10.5. The minimum absolute atomic E-state index is 0.0799. The van der Waals surface area contributed by atoms with Crippen molar-refractivity contribution in [2.24, 2.45) is 0 Å². The quantitative estimate of drug-likeness (QED) is 0.660. The highest BCUT2D eigenvalue weighted by atomic mass is 35.5. The van der Waals surface area contributed by atoms with Crippen LogP contribution in [0, 0.1) is 18.3 Å². The Morgan fingerprint density at radius 1 is 1.58 bits per heavy atom. The number of allylic oxidation sites excluding steroid dienone is 1. The van der Waals surface area contributed by atoms with Gasteiger partial charge in [0.1, 0.15) is 11.2 Å². The van der Waals surface area contributed by atoms with Gasteiger partial charge in [0.15, 0.2) is 14.7 Å². The Labute approximate surface area is 117 Å². The molecule has 0 aromatic carbocycles. The molecule has 0 unspecified atom stereocenters. The van der Waals surface area contributed by atoms with Crippen LogP contribution in [0.4, 0.5) is 5.95 Å². The molecule has 0 aliphatic carbocycles. The first-order chi connectivity index (χ1) is 8.89. The fourth-order valence-electron chi connectivity index (χ4n) is 1.30. The van der Waals surface area contributed by atoms with Crippen LogP contribution in [0.25, 0.3) is 0 Å². The third-order valence-corrected chi connectivity index (χ3v) is 4.09. The summed E-state index contributed by atoms with van der Waals surface area (Å²) in [4.78, 5) is 7.52. The number of sulfone groups is 1. The maximum Gasteiger partial charge on any atom is 0.228 e. The summed E-state index contributed by atoms with van der Waals surface area (Å²) < 4.78 is 23.4. The molecule has 0 fully saturated rings. The lowest BCUT2D eigenvalue weighted by Gasteiger charge is -2.03. The molecule has 0 bridgehead atoms. The number of hydrogen-bond donors (Lipinski definition) is 1. The summed E-state index contributed by atoms with van der Waals surface area (Å²) in [5.41, 5.74) is 0.630. The second-order valence-corrected chi connectivity index (χ2v) is 6.20. The van der Waals surface area contributed by atoms with Gasteiger partial charge >= 0.3 is 0 Å². The van der Waals surface area contributed by atoms with Crippen LogP contribution in [0.2, 0.25) is 5.15 Å². The molecular weight excluding hydrogens is 288 g/mol. The van der Waals surface area contributed by atoms with Crippen molar-refractivity contribution >= 4 is 27.4 Å². The monoisotopic (exact) mass is 300 g/mol. The molecule has 8 heteroatoms. The first kappa shape index (κ1) is 15.4. The van der Waals surface area contributed by atoms with Crippen molar-refractivity contribution in [3.63, 3.8) is 0 Å². The molecule has 0 amide bonds. The standard InChI is InChI=1S/C11H13ClN4O2S/c1-3-4-19(17,18)9(6-13)7-14-11-15-8(2)5-10(12)16-11/h5,7H,3-4H2,1-2H3,(H,14,15,16). The van der Waals surface area contributed by atoms with Crippen molar-refractivity contribution in [3.05, 3.63) is 28.0 Å². The molecule has 0 atom stereocenters. The van der Waals surface area contributed by atoms with Crippen LogP contribution in [0.15, 0.2) is 17.2 Å². The van der Waals surface area contributed by atoms with Crippen LogP contribution in [0.5, 0.6) is 0 Å². The van der Waals surface area contributed by atoms with E-state index in [-0.39, 0.29) is 21.8 Å². The summed E-state index contributed by atoms with van der Waals surface area (Å²) in [6.45, 7) is 3.45. The lowest BCUT2D eigenvalue weighted by molar-refractivity contribution is 0.601. The summed E-state index contributed by atoms with van der Waals surface area (Å²) in [5.74, 6) is 0.0632. The van der Waals surface area contributed by atoms with E-state index in [2.05, 4.69) is 15.3 Å². The first-order valence-corrected chi connectivity index (χ1v) is 7.53. The molecule has 1 heterocycles. The Morgan fingerprint density at radius 2 is 2.26 bits per heavy atom. The smallest absolute Gasteiger partial charge is 0.228 e. The molecule has 1 rings (SSSR count). The van der Waals surface area contributed by atoms with Crippen LogP contribution in [-0.4, -0.2) is 24.1 Å². The molecule has 0 saturated carbocycles. The van der Waals surface area contributed by atoms with Gasteiger partial charge in [-0.15, -0.1) is 0 Å². The molecule has 1 aromatic rings. The van der Waals surface area contributed by atoms with Crippen molar-refractivity contribution in [2.45, 2.75) is 20.3 Å². The number of aromatic nitrogens is 2. The normalized spacial score (nSPS) is 12.0. The van der Waals surface area contributed by atoms with Crippen molar-refractivity contribution < 1.29 is 8.42 Å². The summed E-state index contributed by atoms with van der Waals surface area (Å²) in [6, 6.07) is 3.21. The molecule has 0 aliphatic heterocycles. The molecule has 19 heavy (non-hydrogen) atoms. The molecule has 0 radical (unpaired) electrons. The molecule has 0 spiro atoms. The SMILES string of the molecule is CCCS(=O)(=O)C(C#N)=CNc1nc(C)cc(Cl)n1. The van der Waals surface area contributed by atoms with Gasteiger partial charge in [0.2, 0.25) is 5.95 Å². The second-order valence-electron chi connectivity index (χ2n) is 3.74. The number of aryl methyl sites for hydroxylation is 1. The van der Waals surface area contributed by atoms with E-state index < -0.39 is 9.84 Å². The van der Waals surface area contributed by atoms with Crippen LogP contribution in [0.1, 0.15) is 19.0 Å². The Hall–Kier alpha value is -1.65. The summed E-state index contributed by atoms with van der Waals surface area (Å²) in [7, 11) is -3.56. The van der Waals surface area contributed by atoms with Gasteiger partial charge in [-0.25, -0.2) is 18.4 Å². The maximum atomic E-state index is 11.7. The zero-order chi connectivity index (χ0) is 14.5. The minimum atomic E-state index is -3.56. The predicted octanol–water partition coefficient (Wildman–Crippen LogP) is 2.04. The third-order valence-electron chi connectivity index (χ3n) is 2.07. The van der Waals surface area contributed by atoms with E-state index in [1.807, 2.05) is 0 Å². The topological polar surface area (TPSA) is 95.7 Å². The summed E-state index contributed by atoms with van der Waals surface area (Å²) in [5, 5.41) is 11.7. The van der Waals surface area contributed by atoms with E-state index in [1.54, 1.807) is 26.0 Å². The number of anilines is 1. The van der Waals surface area contributed by atoms with E-state index in [1.165, 1.54) is 0 Å². The second kappa shape index (κ2) is 6.50. The van der Waals surface area contributed by atoms with Gasteiger partial charge < -0.3 is 5.32 Å². The molecule has 1 N–H and O–H groups in total. The van der Waals surface area contributed by atoms with Crippen molar-refractivity contribution in [3.8, 4) is 6.07 Å².